The van der Waals surface area contributed by atoms with Crippen molar-refractivity contribution in [2.24, 2.45) is 22.4 Å². The van der Waals surface area contributed by atoms with E-state index in [-0.39, 0.29) is 25.3 Å². The van der Waals surface area contributed by atoms with E-state index in [4.69, 9.17) is 26.9 Å². The zero-order valence-corrected chi connectivity index (χ0v) is 16.4. The summed E-state index contributed by atoms with van der Waals surface area (Å²) in [6.45, 7) is 1.80. The van der Waals surface area contributed by atoms with Gasteiger partial charge in [0.2, 0.25) is 0 Å². The highest BCUT2D eigenvalue weighted by atomic mass is 16.7. The molecule has 1 fully saturated rings. The molecule has 0 amide bonds. The van der Waals surface area contributed by atoms with Crippen LogP contribution in [0, 0.1) is 0 Å². The number of fused-ring (bicyclic) bond motifs is 1. The molecule has 0 aromatic heterocycles. The lowest BCUT2D eigenvalue weighted by Crippen LogP contribution is -2.51. The summed E-state index contributed by atoms with van der Waals surface area (Å²) in [6, 6.07) is 5.87. The molecule has 1 aliphatic heterocycles. The molecule has 0 spiro atoms. The van der Waals surface area contributed by atoms with Crippen molar-refractivity contribution in [2.45, 2.75) is 68.8 Å². The number of aryl methyl sites for hydroxylation is 1. The summed E-state index contributed by atoms with van der Waals surface area (Å²) in [5, 5.41) is 19.8. The van der Waals surface area contributed by atoms with Crippen molar-refractivity contribution < 1.29 is 19.8 Å². The molecular weight excluding hydrogens is 360 g/mol. The highest BCUT2D eigenvalue weighted by molar-refractivity contribution is 5.98. The molecule has 1 aromatic rings. The van der Waals surface area contributed by atoms with E-state index in [2.05, 4.69) is 4.99 Å². The number of benzene rings is 1. The largest absolute Gasteiger partial charge is 0.487 e. The van der Waals surface area contributed by atoms with Gasteiger partial charge in [0.1, 0.15) is 23.3 Å². The molecule has 0 bridgehead atoms. The van der Waals surface area contributed by atoms with Crippen LogP contribution >= 0.6 is 0 Å². The minimum absolute atomic E-state index is 0.107. The van der Waals surface area contributed by atoms with Gasteiger partial charge in [-0.25, -0.2) is 5.90 Å². The van der Waals surface area contributed by atoms with E-state index in [1.807, 2.05) is 18.2 Å². The molecule has 3 rings (SSSR count). The Kier molecular flexibility index (Phi) is 6.26. The Balaban J connectivity index is 1.69. The van der Waals surface area contributed by atoms with Crippen LogP contribution in [0.4, 0.5) is 0 Å². The predicted molar refractivity (Wildman–Crippen MR) is 107 cm³/mol. The highest BCUT2D eigenvalue weighted by Gasteiger charge is 2.39. The fraction of sp³-hybridized carbons (Fsp3) is 0.650. The summed E-state index contributed by atoms with van der Waals surface area (Å²) < 4.78 is 6.01. The van der Waals surface area contributed by atoms with E-state index < -0.39 is 11.2 Å². The third-order valence-electron chi connectivity index (χ3n) is 6.15. The summed E-state index contributed by atoms with van der Waals surface area (Å²) in [5.41, 5.74) is 12.1. The Morgan fingerprint density at radius 1 is 1.36 bits per heavy atom. The van der Waals surface area contributed by atoms with Gasteiger partial charge in [-0.15, -0.1) is 0 Å². The molecule has 8 nitrogen and oxygen atoms in total. The lowest BCUT2D eigenvalue weighted by molar-refractivity contribution is -0.135. The molecular formula is C20H32N4O4. The van der Waals surface area contributed by atoms with Gasteiger partial charge in [0.25, 0.3) is 0 Å². The Morgan fingerprint density at radius 2 is 2.07 bits per heavy atom. The van der Waals surface area contributed by atoms with Gasteiger partial charge >= 0.3 is 0 Å². The Labute approximate surface area is 165 Å². The maximum absolute atomic E-state index is 10.2. The molecule has 0 unspecified atom stereocenters. The van der Waals surface area contributed by atoms with Crippen LogP contribution in [0.5, 0.6) is 5.75 Å². The molecule has 1 saturated carbocycles. The number of aliphatic hydroxyl groups is 2. The van der Waals surface area contributed by atoms with Crippen LogP contribution in [-0.4, -0.2) is 52.5 Å². The van der Waals surface area contributed by atoms with Crippen molar-refractivity contribution in [1.29, 1.82) is 0 Å². The first-order valence-corrected chi connectivity index (χ1v) is 9.87. The summed E-state index contributed by atoms with van der Waals surface area (Å²) in [5.74, 6) is 6.60. The molecule has 28 heavy (non-hydrogen) atoms. The van der Waals surface area contributed by atoms with Gasteiger partial charge in [0.15, 0.2) is 0 Å². The van der Waals surface area contributed by atoms with Crippen LogP contribution in [0.2, 0.25) is 0 Å². The number of aliphatic hydroxyl groups excluding tert-OH is 1. The van der Waals surface area contributed by atoms with Crippen LogP contribution in [-0.2, 0) is 11.3 Å². The third kappa shape index (κ3) is 4.31. The maximum Gasteiger partial charge on any atom is 0.146 e. The van der Waals surface area contributed by atoms with Gasteiger partial charge in [0, 0.05) is 12.1 Å². The molecule has 156 valence electrons. The Hall–Kier alpha value is -1.71. The number of rotatable bonds is 6. The van der Waals surface area contributed by atoms with Gasteiger partial charge in [-0.1, -0.05) is 0 Å². The zero-order chi connectivity index (χ0) is 20.4. The first kappa shape index (κ1) is 21.0. The van der Waals surface area contributed by atoms with Gasteiger partial charge in [-0.2, -0.15) is 0 Å². The first-order valence-electron chi connectivity index (χ1n) is 9.87. The molecule has 1 heterocycles. The highest BCUT2D eigenvalue weighted by Crippen LogP contribution is 2.34. The monoisotopic (exact) mass is 392 g/mol. The average molecular weight is 393 g/mol. The SMILES string of the molecule is C[C@](CO)(ON)[C@H]1CCc2cc(C(N)=NC3CCC(O)(CN)CC3)ccc2O1. The molecule has 8 N–H and O–H groups in total. The van der Waals surface area contributed by atoms with E-state index in [0.717, 1.165) is 36.1 Å². The van der Waals surface area contributed by atoms with Crippen molar-refractivity contribution in [3.8, 4) is 5.75 Å². The number of aliphatic imine (C=N–C) groups is 1. The summed E-state index contributed by atoms with van der Waals surface area (Å²) in [7, 11) is 0. The Bertz CT molecular complexity index is 712. The van der Waals surface area contributed by atoms with Crippen molar-refractivity contribution in [1.82, 2.24) is 0 Å². The lowest BCUT2D eigenvalue weighted by Gasteiger charge is -2.37. The van der Waals surface area contributed by atoms with E-state index in [9.17, 15) is 10.2 Å². The molecule has 1 aliphatic carbocycles. The topological polar surface area (TPSA) is 149 Å². The first-order chi connectivity index (χ1) is 13.3. The van der Waals surface area contributed by atoms with Gasteiger partial charge in [0.05, 0.1) is 18.2 Å². The molecule has 2 atom stereocenters. The normalized spacial score (nSPS) is 30.2. The minimum Gasteiger partial charge on any atom is -0.487 e. The van der Waals surface area contributed by atoms with Crippen molar-refractivity contribution >= 4 is 5.84 Å². The second-order valence-electron chi connectivity index (χ2n) is 8.23. The number of amidine groups is 1. The molecule has 1 aromatic carbocycles. The van der Waals surface area contributed by atoms with Crippen LogP contribution in [0.1, 0.15) is 50.2 Å². The maximum atomic E-state index is 10.2. The molecule has 0 saturated heterocycles. The average Bonchev–Trinajstić information content (AvgIpc) is 2.74. The van der Waals surface area contributed by atoms with E-state index in [0.29, 0.717) is 25.1 Å². The summed E-state index contributed by atoms with van der Waals surface area (Å²) >= 11 is 0. The molecule has 8 heteroatoms. The van der Waals surface area contributed by atoms with Gasteiger partial charge in [-0.3, -0.25) is 9.83 Å². The van der Waals surface area contributed by atoms with Crippen LogP contribution in [0.3, 0.4) is 0 Å². The smallest absolute Gasteiger partial charge is 0.146 e. The fourth-order valence-corrected chi connectivity index (χ4v) is 3.94. The van der Waals surface area contributed by atoms with Crippen molar-refractivity contribution in [2.75, 3.05) is 13.2 Å². The van der Waals surface area contributed by atoms with Crippen LogP contribution in [0.15, 0.2) is 23.2 Å². The van der Waals surface area contributed by atoms with Crippen LogP contribution in [0.25, 0.3) is 0 Å². The number of nitrogens with zero attached hydrogens (tertiary/aromatic N) is 1. The van der Waals surface area contributed by atoms with Gasteiger partial charge < -0.3 is 26.4 Å². The van der Waals surface area contributed by atoms with Crippen molar-refractivity contribution in [3.05, 3.63) is 29.3 Å². The predicted octanol–water partition coefficient (Wildman–Crippen LogP) is 0.359. The number of hydrogen-bond acceptors (Lipinski definition) is 7. The van der Waals surface area contributed by atoms with Crippen molar-refractivity contribution in [3.63, 3.8) is 0 Å². The summed E-state index contributed by atoms with van der Waals surface area (Å²) in [6.07, 6.45) is 3.99. The lowest BCUT2D eigenvalue weighted by atomic mass is 9.82. The second-order valence-corrected chi connectivity index (χ2v) is 8.23. The number of nitrogens with two attached hydrogens (primary N) is 3. The van der Waals surface area contributed by atoms with E-state index >= 15 is 0 Å². The number of ether oxygens (including phenoxy) is 1. The minimum atomic E-state index is -0.941. The second kappa shape index (κ2) is 8.34. The van der Waals surface area contributed by atoms with Gasteiger partial charge in [-0.05, 0) is 69.2 Å². The third-order valence-corrected chi connectivity index (χ3v) is 6.15. The van der Waals surface area contributed by atoms with Crippen LogP contribution < -0.4 is 22.1 Å². The molecule has 0 radical (unpaired) electrons. The van der Waals surface area contributed by atoms with E-state index in [1.165, 1.54) is 0 Å². The van der Waals surface area contributed by atoms with E-state index in [1.54, 1.807) is 6.92 Å². The zero-order valence-electron chi connectivity index (χ0n) is 16.4. The molecule has 2 aliphatic rings. The fourth-order valence-electron chi connectivity index (χ4n) is 3.94. The number of hydrogen-bond donors (Lipinski definition) is 5. The standard InChI is InChI=1S/C20H32N4O4/c1-19(12-25,28-23)17-5-3-13-10-14(2-4-16(13)27-17)18(22)24-15-6-8-20(26,11-21)9-7-15/h2,4,10,15,17,25-26H,3,5-9,11-12,21,23H2,1H3,(H2,22,24)/t15?,17-,19-,20?/m1/s1. The quantitative estimate of drug-likeness (QED) is 0.266. The summed E-state index contributed by atoms with van der Waals surface area (Å²) in [4.78, 5) is 9.64. The Morgan fingerprint density at radius 3 is 2.68 bits per heavy atom.